The summed E-state index contributed by atoms with van der Waals surface area (Å²) in [6.45, 7) is 5.41. The minimum atomic E-state index is 0.291. The average Bonchev–Trinajstić information content (AvgIpc) is 2.69. The van der Waals surface area contributed by atoms with Gasteiger partial charge >= 0.3 is 0 Å². The maximum absolute atomic E-state index is 6.18. The minimum absolute atomic E-state index is 0.291. The lowest BCUT2D eigenvalue weighted by Crippen LogP contribution is -2.20. The van der Waals surface area contributed by atoms with E-state index in [-0.39, 0.29) is 0 Å². The second kappa shape index (κ2) is 9.20. The van der Waals surface area contributed by atoms with E-state index in [1.54, 1.807) is 0 Å². The number of unbranched alkanes of at least 4 members (excludes halogenated alkanes) is 2. The van der Waals surface area contributed by atoms with Crippen molar-refractivity contribution in [3.63, 3.8) is 0 Å². The highest BCUT2D eigenvalue weighted by molar-refractivity contribution is 5.64. The van der Waals surface area contributed by atoms with E-state index in [4.69, 9.17) is 4.74 Å². The Balaban J connectivity index is 1.56. The van der Waals surface area contributed by atoms with Gasteiger partial charge in [-0.2, -0.15) is 0 Å². The molecule has 1 heterocycles. The second-order valence-electron chi connectivity index (χ2n) is 7.43. The Bertz CT molecular complexity index is 618. The van der Waals surface area contributed by atoms with Crippen LogP contribution in [-0.4, -0.2) is 6.61 Å². The van der Waals surface area contributed by atoms with E-state index in [0.29, 0.717) is 6.10 Å². The predicted molar refractivity (Wildman–Crippen MR) is 107 cm³/mol. The fourth-order valence-corrected chi connectivity index (χ4v) is 3.80. The smallest absolute Gasteiger partial charge is 0.0825 e. The highest BCUT2D eigenvalue weighted by atomic mass is 16.5. The molecule has 0 aliphatic carbocycles. The summed E-state index contributed by atoms with van der Waals surface area (Å²) >= 11 is 0. The van der Waals surface area contributed by atoms with Crippen LogP contribution in [0.1, 0.15) is 69.6 Å². The molecule has 0 bridgehead atoms. The third kappa shape index (κ3) is 4.95. The molecular formula is C24H32O. The maximum Gasteiger partial charge on any atom is 0.0825 e. The number of hydrogen-bond donors (Lipinski definition) is 0. The molecule has 2 aromatic carbocycles. The molecule has 1 fully saturated rings. The van der Waals surface area contributed by atoms with Gasteiger partial charge in [-0.1, -0.05) is 81.6 Å². The molecule has 3 rings (SSSR count). The van der Waals surface area contributed by atoms with E-state index in [9.17, 15) is 0 Å². The summed E-state index contributed by atoms with van der Waals surface area (Å²) in [5, 5.41) is 0. The molecule has 2 aromatic rings. The zero-order valence-electron chi connectivity index (χ0n) is 15.8. The van der Waals surface area contributed by atoms with E-state index >= 15 is 0 Å². The van der Waals surface area contributed by atoms with Crippen molar-refractivity contribution in [1.29, 1.82) is 0 Å². The molecule has 1 heteroatoms. The van der Waals surface area contributed by atoms with E-state index in [1.165, 1.54) is 60.8 Å². The van der Waals surface area contributed by atoms with Gasteiger partial charge in [-0.05, 0) is 53.9 Å². The average molecular weight is 337 g/mol. The summed E-state index contributed by atoms with van der Waals surface area (Å²) in [6, 6.07) is 17.9. The van der Waals surface area contributed by atoms with Gasteiger partial charge in [0.1, 0.15) is 0 Å². The fraction of sp³-hybridized carbons (Fsp3) is 0.500. The number of rotatable bonds is 7. The predicted octanol–water partition coefficient (Wildman–Crippen LogP) is 6.96. The Labute approximate surface area is 153 Å². The van der Waals surface area contributed by atoms with Crippen molar-refractivity contribution in [3.8, 4) is 11.1 Å². The molecule has 0 saturated carbocycles. The van der Waals surface area contributed by atoms with Crippen LogP contribution in [0.2, 0.25) is 0 Å². The molecule has 1 saturated heterocycles. The lowest BCUT2D eigenvalue weighted by atomic mass is 9.90. The van der Waals surface area contributed by atoms with Crippen molar-refractivity contribution in [2.45, 2.75) is 64.9 Å². The van der Waals surface area contributed by atoms with Crippen LogP contribution in [0.3, 0.4) is 0 Å². The largest absolute Gasteiger partial charge is 0.373 e. The Morgan fingerprint density at radius 2 is 1.52 bits per heavy atom. The molecule has 25 heavy (non-hydrogen) atoms. The molecule has 1 aliphatic heterocycles. The van der Waals surface area contributed by atoms with Crippen LogP contribution >= 0.6 is 0 Å². The third-order valence-corrected chi connectivity index (χ3v) is 5.56. The first-order valence-corrected chi connectivity index (χ1v) is 10.1. The Morgan fingerprint density at radius 1 is 0.840 bits per heavy atom. The van der Waals surface area contributed by atoms with Crippen LogP contribution in [0.4, 0.5) is 0 Å². The highest BCUT2D eigenvalue weighted by Gasteiger charge is 2.22. The van der Waals surface area contributed by atoms with Crippen molar-refractivity contribution < 1.29 is 4.74 Å². The lowest BCUT2D eigenvalue weighted by Gasteiger charge is -2.29. The Hall–Kier alpha value is -1.60. The van der Waals surface area contributed by atoms with Gasteiger partial charge in [-0.15, -0.1) is 0 Å². The van der Waals surface area contributed by atoms with Gasteiger partial charge in [-0.25, -0.2) is 0 Å². The first-order valence-electron chi connectivity index (χ1n) is 10.1. The molecule has 1 aliphatic rings. The molecule has 134 valence electrons. The number of aryl methyl sites for hydroxylation is 1. The zero-order valence-corrected chi connectivity index (χ0v) is 15.8. The number of hydrogen-bond acceptors (Lipinski definition) is 1. The number of ether oxygens (including phenoxy) is 1. The van der Waals surface area contributed by atoms with Crippen LogP contribution in [0.15, 0.2) is 48.5 Å². The van der Waals surface area contributed by atoms with Crippen molar-refractivity contribution in [2.24, 2.45) is 5.92 Å². The first kappa shape index (κ1) is 18.2. The third-order valence-electron chi connectivity index (χ3n) is 5.56. The molecule has 0 aromatic heterocycles. The van der Waals surface area contributed by atoms with Gasteiger partial charge in [0.05, 0.1) is 12.7 Å². The van der Waals surface area contributed by atoms with Crippen LogP contribution in [-0.2, 0) is 11.2 Å². The first-order chi connectivity index (χ1) is 12.3. The number of benzene rings is 2. The van der Waals surface area contributed by atoms with Gasteiger partial charge in [-0.3, -0.25) is 0 Å². The normalized spacial score (nSPS) is 20.6. The van der Waals surface area contributed by atoms with E-state index in [1.807, 2.05) is 0 Å². The van der Waals surface area contributed by atoms with Crippen LogP contribution in [0, 0.1) is 5.92 Å². The second-order valence-corrected chi connectivity index (χ2v) is 7.43. The molecule has 0 radical (unpaired) electrons. The zero-order chi connectivity index (χ0) is 17.5. The molecule has 2 unspecified atom stereocenters. The van der Waals surface area contributed by atoms with E-state index < -0.39 is 0 Å². The lowest BCUT2D eigenvalue weighted by molar-refractivity contribution is -0.0198. The molecule has 2 atom stereocenters. The van der Waals surface area contributed by atoms with Crippen molar-refractivity contribution in [2.75, 3.05) is 6.61 Å². The van der Waals surface area contributed by atoms with Gasteiger partial charge in [0.15, 0.2) is 0 Å². The SMILES string of the molecule is CCCCCC1CCC(c2ccc(-c3ccc(CC)cc3)cc2)OC1. The summed E-state index contributed by atoms with van der Waals surface area (Å²) in [7, 11) is 0. The van der Waals surface area contributed by atoms with E-state index in [0.717, 1.165) is 18.9 Å². The summed E-state index contributed by atoms with van der Waals surface area (Å²) in [5.74, 6) is 0.777. The maximum atomic E-state index is 6.18. The van der Waals surface area contributed by atoms with Gasteiger partial charge in [0, 0.05) is 0 Å². The van der Waals surface area contributed by atoms with Crippen molar-refractivity contribution in [1.82, 2.24) is 0 Å². The van der Waals surface area contributed by atoms with Gasteiger partial charge in [0.2, 0.25) is 0 Å². The van der Waals surface area contributed by atoms with Crippen LogP contribution in [0.5, 0.6) is 0 Å². The molecule has 0 spiro atoms. The topological polar surface area (TPSA) is 9.23 Å². The van der Waals surface area contributed by atoms with Crippen molar-refractivity contribution in [3.05, 3.63) is 59.7 Å². The van der Waals surface area contributed by atoms with Crippen molar-refractivity contribution >= 4 is 0 Å². The summed E-state index contributed by atoms with van der Waals surface area (Å²) in [4.78, 5) is 0. The standard InChI is InChI=1S/C24H32O/c1-3-5-6-7-20-10-17-24(25-18-20)23-15-13-22(14-16-23)21-11-8-19(4-2)9-12-21/h8-9,11-16,20,24H,3-7,10,17-18H2,1-2H3. The summed E-state index contributed by atoms with van der Waals surface area (Å²) in [6.07, 6.45) is 9.24. The minimum Gasteiger partial charge on any atom is -0.373 e. The van der Waals surface area contributed by atoms with Crippen LogP contribution in [0.25, 0.3) is 11.1 Å². The van der Waals surface area contributed by atoms with Crippen LogP contribution < -0.4 is 0 Å². The van der Waals surface area contributed by atoms with Gasteiger partial charge < -0.3 is 4.74 Å². The van der Waals surface area contributed by atoms with Gasteiger partial charge in [0.25, 0.3) is 0 Å². The fourth-order valence-electron chi connectivity index (χ4n) is 3.80. The molecule has 0 amide bonds. The Morgan fingerprint density at radius 3 is 2.08 bits per heavy atom. The molecule has 1 nitrogen and oxygen atoms in total. The quantitative estimate of drug-likeness (QED) is 0.496. The molecular weight excluding hydrogens is 304 g/mol. The Kier molecular flexibility index (Phi) is 6.69. The monoisotopic (exact) mass is 336 g/mol. The van der Waals surface area contributed by atoms with E-state index in [2.05, 4.69) is 62.4 Å². The summed E-state index contributed by atoms with van der Waals surface area (Å²) in [5.41, 5.74) is 5.31. The summed E-state index contributed by atoms with van der Waals surface area (Å²) < 4.78 is 6.18. The highest BCUT2D eigenvalue weighted by Crippen LogP contribution is 2.33. The molecule has 0 N–H and O–H groups in total.